The van der Waals surface area contributed by atoms with Crippen LogP contribution in [0.1, 0.15) is 22.3 Å². The van der Waals surface area contributed by atoms with Gasteiger partial charge in [-0.25, -0.2) is 0 Å². The molecule has 6 heteroatoms. The fraction of sp³-hybridized carbons (Fsp3) is 0.222. The lowest BCUT2D eigenvalue weighted by molar-refractivity contribution is 0.0991. The molecule has 15 heavy (non-hydrogen) atoms. The van der Waals surface area contributed by atoms with E-state index in [1.807, 2.05) is 0 Å². The lowest BCUT2D eigenvalue weighted by Gasteiger charge is -2.02. The largest absolute Gasteiger partial charge is 0.295 e. The van der Waals surface area contributed by atoms with E-state index >= 15 is 0 Å². The number of Topliss-reactive ketones (excluding diaryl/α,β-unsaturated/α-hetero) is 1. The van der Waals surface area contributed by atoms with Crippen molar-refractivity contribution in [1.82, 2.24) is 0 Å². The normalized spacial score (nSPS) is 14.6. The van der Waals surface area contributed by atoms with Gasteiger partial charge in [-0.1, -0.05) is 12.1 Å². The first-order valence-electron chi connectivity index (χ1n) is 4.13. The summed E-state index contributed by atoms with van der Waals surface area (Å²) in [5.41, 5.74) is 0.861. The van der Waals surface area contributed by atoms with Crippen LogP contribution in [0.5, 0.6) is 0 Å². The third-order valence-corrected chi connectivity index (χ3v) is 3.19. The zero-order chi connectivity index (χ0) is 10.3. The van der Waals surface area contributed by atoms with Gasteiger partial charge in [-0.2, -0.15) is 8.42 Å². The van der Waals surface area contributed by atoms with Crippen molar-refractivity contribution in [3.8, 4) is 0 Å². The van der Waals surface area contributed by atoms with E-state index in [0.29, 0.717) is 18.4 Å². The molecule has 0 aliphatic heterocycles. The molecule has 0 saturated heterocycles. The highest BCUT2D eigenvalue weighted by molar-refractivity contribution is 7.86. The minimum atomic E-state index is -4.28. The maximum atomic E-state index is 11.4. The molecule has 0 aromatic heterocycles. The molecule has 82 valence electrons. The third kappa shape index (κ3) is 2.04. The zero-order valence-corrected chi connectivity index (χ0v) is 9.27. The van der Waals surface area contributed by atoms with E-state index in [1.54, 1.807) is 6.07 Å². The Morgan fingerprint density at radius 2 is 1.87 bits per heavy atom. The number of carbonyl (C=O) groups is 1. The highest BCUT2D eigenvalue weighted by atomic mass is 35.5. The number of rotatable bonds is 1. The molecular formula is C9H9ClO4S. The SMILES string of the molecule is Cl.O=C1CCc2cccc(S(=O)(=O)O)c21. The molecule has 1 aliphatic rings. The van der Waals surface area contributed by atoms with Crippen molar-refractivity contribution in [2.24, 2.45) is 0 Å². The second kappa shape index (κ2) is 3.92. The summed E-state index contributed by atoms with van der Waals surface area (Å²) in [6.45, 7) is 0. The fourth-order valence-corrected chi connectivity index (χ4v) is 2.44. The van der Waals surface area contributed by atoms with Gasteiger partial charge in [-0.3, -0.25) is 9.35 Å². The standard InChI is InChI=1S/C9H8O4S.ClH/c10-7-5-4-6-2-1-3-8(9(6)7)14(11,12)13;/h1-3H,4-5H2,(H,11,12,13);1H. The summed E-state index contributed by atoms with van der Waals surface area (Å²) in [6, 6.07) is 4.48. The van der Waals surface area contributed by atoms with Crippen LogP contribution < -0.4 is 0 Å². The zero-order valence-electron chi connectivity index (χ0n) is 7.63. The second-order valence-corrected chi connectivity index (χ2v) is 4.58. The predicted molar refractivity (Wildman–Crippen MR) is 56.2 cm³/mol. The van der Waals surface area contributed by atoms with Gasteiger partial charge in [-0.05, 0) is 18.1 Å². The first kappa shape index (κ1) is 12.2. The highest BCUT2D eigenvalue weighted by Crippen LogP contribution is 2.27. The van der Waals surface area contributed by atoms with Crippen LogP contribution in [-0.4, -0.2) is 18.8 Å². The second-order valence-electron chi connectivity index (χ2n) is 3.19. The predicted octanol–water partition coefficient (Wildman–Crippen LogP) is 1.48. The number of hydrogen-bond donors (Lipinski definition) is 1. The van der Waals surface area contributed by atoms with E-state index in [2.05, 4.69) is 0 Å². The molecule has 0 radical (unpaired) electrons. The van der Waals surface area contributed by atoms with Crippen LogP contribution in [0.25, 0.3) is 0 Å². The first-order valence-corrected chi connectivity index (χ1v) is 5.57. The Morgan fingerprint density at radius 3 is 2.47 bits per heavy atom. The van der Waals surface area contributed by atoms with Crippen molar-refractivity contribution in [3.63, 3.8) is 0 Å². The number of fused-ring (bicyclic) bond motifs is 1. The summed E-state index contributed by atoms with van der Waals surface area (Å²) in [4.78, 5) is 11.1. The first-order chi connectivity index (χ1) is 6.50. The minimum absolute atomic E-state index is 0. The number of benzene rings is 1. The molecule has 0 spiro atoms. The van der Waals surface area contributed by atoms with Gasteiger partial charge in [-0.15, -0.1) is 12.4 Å². The van der Waals surface area contributed by atoms with Crippen molar-refractivity contribution in [2.45, 2.75) is 17.7 Å². The summed E-state index contributed by atoms with van der Waals surface area (Å²) in [5.74, 6) is -0.215. The van der Waals surface area contributed by atoms with E-state index in [1.165, 1.54) is 12.1 Å². The number of aryl methyl sites for hydroxylation is 1. The molecular weight excluding hydrogens is 240 g/mol. The smallest absolute Gasteiger partial charge is 0.294 e. The van der Waals surface area contributed by atoms with Gasteiger partial charge < -0.3 is 0 Å². The van der Waals surface area contributed by atoms with Crippen LogP contribution in [0, 0.1) is 0 Å². The van der Waals surface area contributed by atoms with E-state index in [0.717, 1.165) is 0 Å². The van der Waals surface area contributed by atoms with Crippen LogP contribution in [0.3, 0.4) is 0 Å². The molecule has 0 fully saturated rings. The molecule has 0 saturated carbocycles. The van der Waals surface area contributed by atoms with Crippen LogP contribution in [-0.2, 0) is 16.5 Å². The quantitative estimate of drug-likeness (QED) is 0.765. The van der Waals surface area contributed by atoms with Gasteiger partial charge in [0.05, 0.1) is 0 Å². The number of ketones is 1. The Hall–Kier alpha value is -0.910. The lowest BCUT2D eigenvalue weighted by atomic mass is 10.1. The lowest BCUT2D eigenvalue weighted by Crippen LogP contribution is -2.05. The number of halogens is 1. The molecule has 1 aromatic rings. The Bertz CT molecular complexity index is 507. The van der Waals surface area contributed by atoms with E-state index in [-0.39, 0.29) is 28.6 Å². The van der Waals surface area contributed by atoms with Crippen molar-refractivity contribution in [2.75, 3.05) is 0 Å². The van der Waals surface area contributed by atoms with E-state index in [4.69, 9.17) is 4.55 Å². The summed E-state index contributed by atoms with van der Waals surface area (Å²) in [7, 11) is -4.28. The summed E-state index contributed by atoms with van der Waals surface area (Å²) >= 11 is 0. The number of hydrogen-bond acceptors (Lipinski definition) is 3. The van der Waals surface area contributed by atoms with E-state index < -0.39 is 10.1 Å². The maximum absolute atomic E-state index is 11.4. The monoisotopic (exact) mass is 248 g/mol. The van der Waals surface area contributed by atoms with Crippen molar-refractivity contribution < 1.29 is 17.8 Å². The maximum Gasteiger partial charge on any atom is 0.295 e. The van der Waals surface area contributed by atoms with Crippen molar-refractivity contribution in [3.05, 3.63) is 29.3 Å². The molecule has 1 aliphatic carbocycles. The Morgan fingerprint density at radius 1 is 1.20 bits per heavy atom. The Kier molecular flexibility index (Phi) is 3.18. The topological polar surface area (TPSA) is 71.4 Å². The van der Waals surface area contributed by atoms with Crippen LogP contribution in [0.15, 0.2) is 23.1 Å². The number of carbonyl (C=O) groups excluding carboxylic acids is 1. The summed E-state index contributed by atoms with van der Waals surface area (Å²) in [6.07, 6.45) is 0.874. The average molecular weight is 249 g/mol. The molecule has 1 N–H and O–H groups in total. The molecule has 2 rings (SSSR count). The molecule has 0 heterocycles. The van der Waals surface area contributed by atoms with Crippen molar-refractivity contribution in [1.29, 1.82) is 0 Å². The van der Waals surface area contributed by atoms with Gasteiger partial charge >= 0.3 is 0 Å². The molecule has 1 aromatic carbocycles. The van der Waals surface area contributed by atoms with Crippen LogP contribution >= 0.6 is 12.4 Å². The van der Waals surface area contributed by atoms with Gasteiger partial charge in [0.15, 0.2) is 5.78 Å². The Labute approximate surface area is 93.5 Å². The molecule has 0 unspecified atom stereocenters. The van der Waals surface area contributed by atoms with Gasteiger partial charge in [0, 0.05) is 12.0 Å². The van der Waals surface area contributed by atoms with Gasteiger partial charge in [0.1, 0.15) is 4.90 Å². The van der Waals surface area contributed by atoms with Gasteiger partial charge in [0.25, 0.3) is 10.1 Å². The molecule has 4 nitrogen and oxygen atoms in total. The molecule has 0 bridgehead atoms. The molecule has 0 atom stereocenters. The van der Waals surface area contributed by atoms with Crippen molar-refractivity contribution >= 4 is 28.3 Å². The fourth-order valence-electron chi connectivity index (χ4n) is 1.69. The van der Waals surface area contributed by atoms with Gasteiger partial charge in [0.2, 0.25) is 0 Å². The third-order valence-electron chi connectivity index (χ3n) is 2.29. The van der Waals surface area contributed by atoms with Crippen LogP contribution in [0.4, 0.5) is 0 Å². The average Bonchev–Trinajstić information content (AvgIpc) is 2.46. The Balaban J connectivity index is 0.00000112. The van der Waals surface area contributed by atoms with Crippen LogP contribution in [0.2, 0.25) is 0 Å². The summed E-state index contributed by atoms with van der Waals surface area (Å²) in [5, 5.41) is 0. The summed E-state index contributed by atoms with van der Waals surface area (Å²) < 4.78 is 30.8. The van der Waals surface area contributed by atoms with E-state index in [9.17, 15) is 13.2 Å². The minimum Gasteiger partial charge on any atom is -0.294 e. The highest BCUT2D eigenvalue weighted by Gasteiger charge is 2.27. The molecule has 0 amide bonds.